The Hall–Kier alpha value is -2.66. The summed E-state index contributed by atoms with van der Waals surface area (Å²) in [5.74, 6) is -0.686. The van der Waals surface area contributed by atoms with Gasteiger partial charge in [-0.1, -0.05) is 215 Å². The minimum Gasteiger partial charge on any atom is -0.462 e. The monoisotopic (exact) mass is 753 g/mol. The molecule has 0 aliphatic rings. The van der Waals surface area contributed by atoms with Crippen LogP contribution in [0.1, 0.15) is 206 Å². The Kier molecular flexibility index (Phi) is 42.5. The van der Waals surface area contributed by atoms with Gasteiger partial charge in [0.05, 0.1) is 6.61 Å². The highest BCUT2D eigenvalue weighted by molar-refractivity contribution is 5.70. The molecule has 0 aromatic heterocycles. The van der Waals surface area contributed by atoms with Crippen LogP contribution in [0.5, 0.6) is 0 Å². The van der Waals surface area contributed by atoms with E-state index in [4.69, 9.17) is 9.47 Å². The number of hydrogen-bond acceptors (Lipinski definition) is 5. The molecule has 0 amide bonds. The van der Waals surface area contributed by atoms with Crippen LogP contribution in [-0.2, 0) is 19.1 Å². The third-order valence-corrected chi connectivity index (χ3v) is 9.53. The average Bonchev–Trinajstić information content (AvgIpc) is 3.17. The number of ether oxygens (including phenoxy) is 2. The number of hydrogen-bond donors (Lipinski definition) is 1. The molecule has 0 saturated carbocycles. The maximum atomic E-state index is 12.2. The largest absolute Gasteiger partial charge is 0.462 e. The van der Waals surface area contributed by atoms with Gasteiger partial charge >= 0.3 is 11.9 Å². The van der Waals surface area contributed by atoms with Gasteiger partial charge in [0.25, 0.3) is 0 Å². The number of aliphatic hydroxyl groups excluding tert-OH is 1. The molecule has 0 aliphatic heterocycles. The van der Waals surface area contributed by atoms with Crippen LogP contribution in [0.15, 0.2) is 72.9 Å². The number of carbonyl (C=O) groups is 2. The Morgan fingerprint density at radius 2 is 0.796 bits per heavy atom. The van der Waals surface area contributed by atoms with Crippen LogP contribution in [0.25, 0.3) is 0 Å². The van der Waals surface area contributed by atoms with Crippen LogP contribution in [0, 0.1) is 0 Å². The molecular weight excluding hydrogens is 669 g/mol. The number of esters is 2. The molecule has 54 heavy (non-hydrogen) atoms. The van der Waals surface area contributed by atoms with Crippen molar-refractivity contribution >= 4 is 11.9 Å². The first-order valence-corrected chi connectivity index (χ1v) is 22.5. The van der Waals surface area contributed by atoms with Crippen molar-refractivity contribution in [1.29, 1.82) is 0 Å². The van der Waals surface area contributed by atoms with Crippen LogP contribution < -0.4 is 0 Å². The summed E-state index contributed by atoms with van der Waals surface area (Å²) in [6.07, 6.45) is 59.9. The van der Waals surface area contributed by atoms with Crippen molar-refractivity contribution in [3.8, 4) is 0 Å². The molecule has 310 valence electrons. The normalized spacial score (nSPS) is 12.9. The number of unbranched alkanes of at least 4 members (excludes halogenated alkanes) is 20. The quantitative estimate of drug-likeness (QED) is 0.0383. The fourth-order valence-corrected chi connectivity index (χ4v) is 6.17. The lowest BCUT2D eigenvalue weighted by molar-refractivity contribution is -0.161. The predicted octanol–water partition coefficient (Wildman–Crippen LogP) is 14.5. The van der Waals surface area contributed by atoms with E-state index in [0.717, 1.165) is 57.8 Å². The molecule has 0 radical (unpaired) electrons. The standard InChI is InChI=1S/C49H84O5/c1-3-5-7-9-11-13-15-17-19-21-23-24-26-27-29-31-33-35-37-39-41-43-48(51)53-46-47(45-50)54-49(52)44-42-40-38-36-34-32-30-28-25-22-20-18-16-14-12-10-8-6-4-2/h6,8,12,14,18,20,25,28,32,34,38,40,47,50H,3-5,7,9-11,13,15-17,19,21-24,26-27,29-31,33,35-37,39,41-46H2,1-2H3/b8-6-,14-12-,20-18-,28-25-,34-32-,40-38-/t47-/m0/s1. The minimum atomic E-state index is -0.813. The van der Waals surface area contributed by atoms with Crippen molar-refractivity contribution in [2.45, 2.75) is 213 Å². The number of carbonyl (C=O) groups excluding carboxylic acids is 2. The van der Waals surface area contributed by atoms with Gasteiger partial charge in [0.15, 0.2) is 6.10 Å². The van der Waals surface area contributed by atoms with Gasteiger partial charge in [-0.05, 0) is 51.4 Å². The van der Waals surface area contributed by atoms with Crippen molar-refractivity contribution in [2.24, 2.45) is 0 Å². The molecular formula is C49H84O5. The second-order valence-electron chi connectivity index (χ2n) is 14.8. The van der Waals surface area contributed by atoms with Gasteiger partial charge in [-0.3, -0.25) is 9.59 Å². The molecule has 0 bridgehead atoms. The van der Waals surface area contributed by atoms with Crippen molar-refractivity contribution in [3.63, 3.8) is 0 Å². The summed E-state index contributed by atoms with van der Waals surface area (Å²) < 4.78 is 10.6. The fourth-order valence-electron chi connectivity index (χ4n) is 6.17. The second kappa shape index (κ2) is 44.7. The Morgan fingerprint density at radius 3 is 1.17 bits per heavy atom. The maximum Gasteiger partial charge on any atom is 0.306 e. The Balaban J connectivity index is 3.62. The molecule has 0 spiro atoms. The van der Waals surface area contributed by atoms with E-state index in [0.29, 0.717) is 12.8 Å². The van der Waals surface area contributed by atoms with Gasteiger partial charge in [-0.15, -0.1) is 0 Å². The Bertz CT molecular complexity index is 988. The fraction of sp³-hybridized carbons (Fsp3) is 0.714. The van der Waals surface area contributed by atoms with Crippen molar-refractivity contribution in [2.75, 3.05) is 13.2 Å². The van der Waals surface area contributed by atoms with E-state index in [9.17, 15) is 14.7 Å². The Morgan fingerprint density at radius 1 is 0.444 bits per heavy atom. The van der Waals surface area contributed by atoms with Crippen LogP contribution in [0.4, 0.5) is 0 Å². The molecule has 5 nitrogen and oxygen atoms in total. The molecule has 0 rings (SSSR count). The molecule has 0 aliphatic carbocycles. The first kappa shape index (κ1) is 51.3. The molecule has 1 atom stereocenters. The highest BCUT2D eigenvalue weighted by Crippen LogP contribution is 2.15. The summed E-state index contributed by atoms with van der Waals surface area (Å²) in [4.78, 5) is 24.3. The molecule has 1 N–H and O–H groups in total. The van der Waals surface area contributed by atoms with Crippen LogP contribution in [0.3, 0.4) is 0 Å². The highest BCUT2D eigenvalue weighted by Gasteiger charge is 2.15. The maximum absolute atomic E-state index is 12.2. The zero-order valence-electron chi connectivity index (χ0n) is 35.2. The van der Waals surface area contributed by atoms with Crippen LogP contribution >= 0.6 is 0 Å². The van der Waals surface area contributed by atoms with Crippen molar-refractivity contribution in [1.82, 2.24) is 0 Å². The number of rotatable bonds is 40. The third kappa shape index (κ3) is 42.1. The summed E-state index contributed by atoms with van der Waals surface area (Å²) in [6.45, 7) is 3.97. The lowest BCUT2D eigenvalue weighted by atomic mass is 10.0. The predicted molar refractivity (Wildman–Crippen MR) is 233 cm³/mol. The van der Waals surface area contributed by atoms with Crippen molar-refractivity contribution < 1.29 is 24.2 Å². The summed E-state index contributed by atoms with van der Waals surface area (Å²) in [7, 11) is 0. The summed E-state index contributed by atoms with van der Waals surface area (Å²) >= 11 is 0. The van der Waals surface area contributed by atoms with E-state index in [-0.39, 0.29) is 25.6 Å². The topological polar surface area (TPSA) is 72.8 Å². The number of allylic oxidation sites excluding steroid dienone is 12. The number of aliphatic hydroxyl groups is 1. The van der Waals surface area contributed by atoms with Gasteiger partial charge in [-0.25, -0.2) is 0 Å². The smallest absolute Gasteiger partial charge is 0.306 e. The van der Waals surface area contributed by atoms with Gasteiger partial charge in [0, 0.05) is 12.8 Å². The second-order valence-corrected chi connectivity index (χ2v) is 14.8. The van der Waals surface area contributed by atoms with Crippen molar-refractivity contribution in [3.05, 3.63) is 72.9 Å². The summed E-state index contributed by atoms with van der Waals surface area (Å²) in [5, 5.41) is 9.58. The Labute approximate surface area is 333 Å². The molecule has 0 unspecified atom stereocenters. The highest BCUT2D eigenvalue weighted by atomic mass is 16.6. The van der Waals surface area contributed by atoms with E-state index in [1.807, 2.05) is 12.2 Å². The molecule has 0 saturated heterocycles. The summed E-state index contributed by atoms with van der Waals surface area (Å²) in [5.41, 5.74) is 0. The van der Waals surface area contributed by atoms with E-state index >= 15 is 0 Å². The van der Waals surface area contributed by atoms with E-state index < -0.39 is 12.1 Å². The zero-order valence-corrected chi connectivity index (χ0v) is 35.2. The first-order valence-electron chi connectivity index (χ1n) is 22.5. The summed E-state index contributed by atoms with van der Waals surface area (Å²) in [6, 6.07) is 0. The molecule has 0 aromatic rings. The van der Waals surface area contributed by atoms with E-state index in [1.54, 1.807) is 0 Å². The van der Waals surface area contributed by atoms with Crippen LogP contribution in [-0.4, -0.2) is 36.4 Å². The van der Waals surface area contributed by atoms with Crippen LogP contribution in [0.2, 0.25) is 0 Å². The lowest BCUT2D eigenvalue weighted by Gasteiger charge is -2.15. The van der Waals surface area contributed by atoms with E-state index in [1.165, 1.54) is 116 Å². The zero-order chi connectivity index (χ0) is 39.3. The molecule has 0 fully saturated rings. The van der Waals surface area contributed by atoms with E-state index in [2.05, 4.69) is 74.6 Å². The molecule has 0 heterocycles. The SMILES string of the molecule is CC/C=C\C/C=C\C/C=C\C/C=C\C/C=C\C/C=C\CCC(=O)O[C@@H](CO)COC(=O)CCCCCCCCCCCCCCCCCCCCCCC. The average molecular weight is 753 g/mol. The van der Waals surface area contributed by atoms with Gasteiger partial charge in [0.2, 0.25) is 0 Å². The first-order chi connectivity index (χ1) is 26.6. The van der Waals surface area contributed by atoms with Gasteiger partial charge < -0.3 is 14.6 Å². The minimum absolute atomic E-state index is 0.0970. The third-order valence-electron chi connectivity index (χ3n) is 9.53. The van der Waals surface area contributed by atoms with Gasteiger partial charge in [-0.2, -0.15) is 0 Å². The van der Waals surface area contributed by atoms with Gasteiger partial charge in [0.1, 0.15) is 6.61 Å². The lowest BCUT2D eigenvalue weighted by Crippen LogP contribution is -2.28. The molecule has 0 aromatic carbocycles. The molecule has 5 heteroatoms.